The van der Waals surface area contributed by atoms with Gasteiger partial charge in [0.15, 0.2) is 12.4 Å². The van der Waals surface area contributed by atoms with E-state index in [2.05, 4.69) is 0 Å². The predicted octanol–water partition coefficient (Wildman–Crippen LogP) is 2.17. The van der Waals surface area contributed by atoms with Crippen LogP contribution in [-0.2, 0) is 0 Å². The van der Waals surface area contributed by atoms with Crippen molar-refractivity contribution in [3.8, 4) is 0 Å². The highest BCUT2D eigenvalue weighted by molar-refractivity contribution is 6.30. The number of primary amides is 1. The number of rotatable bonds is 4. The maximum atomic E-state index is 12.4. The van der Waals surface area contributed by atoms with Crippen LogP contribution >= 0.6 is 11.6 Å². The summed E-state index contributed by atoms with van der Waals surface area (Å²) < 4.78 is 1.66. The number of halogens is 1. The molecular formula is C15H14ClN2O2+. The summed E-state index contributed by atoms with van der Waals surface area (Å²) in [6, 6.07) is 9.57. The molecule has 0 spiro atoms. The molecule has 4 nitrogen and oxygen atoms in total. The number of amides is 1. The Kier molecular flexibility index (Phi) is 4.15. The standard InChI is InChI=1S/C15H13ClN2O2/c1-10(14(19)11-4-6-13(16)7-5-11)18-8-2-3-12(9-18)15(17)20/h2-10H,1H3,(H-,17,20)/p+1. The molecule has 102 valence electrons. The summed E-state index contributed by atoms with van der Waals surface area (Å²) in [7, 11) is 0. The number of aromatic nitrogens is 1. The van der Waals surface area contributed by atoms with Crippen LogP contribution in [-0.4, -0.2) is 11.7 Å². The molecular weight excluding hydrogens is 276 g/mol. The lowest BCUT2D eigenvalue weighted by molar-refractivity contribution is -0.704. The number of pyridine rings is 1. The number of carbonyl (C=O) groups is 2. The lowest BCUT2D eigenvalue weighted by Gasteiger charge is -2.07. The molecule has 1 amide bonds. The zero-order valence-electron chi connectivity index (χ0n) is 10.9. The van der Waals surface area contributed by atoms with Crippen LogP contribution in [0.15, 0.2) is 48.8 Å². The Balaban J connectivity index is 2.28. The molecule has 2 rings (SSSR count). The summed E-state index contributed by atoms with van der Waals surface area (Å²) >= 11 is 5.80. The molecule has 0 saturated heterocycles. The third-order valence-corrected chi connectivity index (χ3v) is 3.31. The maximum Gasteiger partial charge on any atom is 0.254 e. The van der Waals surface area contributed by atoms with Crippen molar-refractivity contribution in [2.45, 2.75) is 13.0 Å². The largest absolute Gasteiger partial charge is 0.365 e. The highest BCUT2D eigenvalue weighted by atomic mass is 35.5. The fourth-order valence-electron chi connectivity index (χ4n) is 1.87. The number of nitrogens with zero attached hydrogens (tertiary/aromatic N) is 1. The number of hydrogen-bond donors (Lipinski definition) is 1. The van der Waals surface area contributed by atoms with E-state index in [1.54, 1.807) is 60.3 Å². The van der Waals surface area contributed by atoms with Crippen molar-refractivity contribution in [3.63, 3.8) is 0 Å². The smallest absolute Gasteiger partial charge is 0.254 e. The summed E-state index contributed by atoms with van der Waals surface area (Å²) in [6.45, 7) is 1.77. The predicted molar refractivity (Wildman–Crippen MR) is 75.6 cm³/mol. The normalized spacial score (nSPS) is 11.9. The molecule has 1 atom stereocenters. The van der Waals surface area contributed by atoms with E-state index in [0.717, 1.165) is 0 Å². The van der Waals surface area contributed by atoms with Gasteiger partial charge in [-0.1, -0.05) is 11.6 Å². The van der Waals surface area contributed by atoms with Crippen molar-refractivity contribution >= 4 is 23.3 Å². The highest BCUT2D eigenvalue weighted by Gasteiger charge is 2.24. The first-order chi connectivity index (χ1) is 9.49. The average molecular weight is 290 g/mol. The van der Waals surface area contributed by atoms with Crippen LogP contribution in [0, 0.1) is 0 Å². The van der Waals surface area contributed by atoms with Gasteiger partial charge in [-0.3, -0.25) is 9.59 Å². The van der Waals surface area contributed by atoms with Crippen molar-refractivity contribution in [2.24, 2.45) is 5.73 Å². The minimum Gasteiger partial charge on any atom is -0.365 e. The summed E-state index contributed by atoms with van der Waals surface area (Å²) in [5.74, 6) is -0.584. The molecule has 20 heavy (non-hydrogen) atoms. The lowest BCUT2D eigenvalue weighted by Crippen LogP contribution is -2.42. The van der Waals surface area contributed by atoms with E-state index in [4.69, 9.17) is 17.3 Å². The Bertz CT molecular complexity index is 653. The molecule has 0 bridgehead atoms. The Morgan fingerprint density at radius 3 is 2.40 bits per heavy atom. The molecule has 0 aliphatic rings. The van der Waals surface area contributed by atoms with Gasteiger partial charge in [-0.2, -0.15) is 4.57 Å². The molecule has 1 aromatic heterocycles. The van der Waals surface area contributed by atoms with Gasteiger partial charge < -0.3 is 5.73 Å². The second-order valence-electron chi connectivity index (χ2n) is 4.45. The molecule has 1 unspecified atom stereocenters. The van der Waals surface area contributed by atoms with Crippen LogP contribution in [0.4, 0.5) is 0 Å². The van der Waals surface area contributed by atoms with Gasteiger partial charge in [-0.25, -0.2) is 0 Å². The third kappa shape index (κ3) is 3.03. The Hall–Kier alpha value is -2.20. The second kappa shape index (κ2) is 5.84. The summed E-state index contributed by atoms with van der Waals surface area (Å²) in [4.78, 5) is 23.5. The Labute approximate surface area is 121 Å². The van der Waals surface area contributed by atoms with Crippen LogP contribution in [0.5, 0.6) is 0 Å². The molecule has 5 heteroatoms. The fraction of sp³-hybridized carbons (Fsp3) is 0.133. The quantitative estimate of drug-likeness (QED) is 0.692. The molecule has 1 aromatic carbocycles. The first-order valence-corrected chi connectivity index (χ1v) is 6.47. The molecule has 0 radical (unpaired) electrons. The maximum absolute atomic E-state index is 12.4. The van der Waals surface area contributed by atoms with Crippen LogP contribution < -0.4 is 10.3 Å². The number of Topliss-reactive ketones (excluding diaryl/α,β-unsaturated/α-hetero) is 1. The third-order valence-electron chi connectivity index (χ3n) is 3.06. The minimum absolute atomic E-state index is 0.0618. The zero-order chi connectivity index (χ0) is 14.7. The molecule has 0 aliphatic heterocycles. The van der Waals surface area contributed by atoms with Gasteiger partial charge >= 0.3 is 0 Å². The Morgan fingerprint density at radius 1 is 1.15 bits per heavy atom. The number of ketones is 1. The van der Waals surface area contributed by atoms with E-state index in [1.807, 2.05) is 0 Å². The van der Waals surface area contributed by atoms with E-state index in [9.17, 15) is 9.59 Å². The SMILES string of the molecule is CC(C(=O)c1ccc(Cl)cc1)[n+]1cccc(C(N)=O)c1. The van der Waals surface area contributed by atoms with Crippen LogP contribution in [0.3, 0.4) is 0 Å². The van der Waals surface area contributed by atoms with E-state index in [0.29, 0.717) is 16.1 Å². The molecule has 2 aromatic rings. The van der Waals surface area contributed by atoms with Crippen LogP contribution in [0.25, 0.3) is 0 Å². The van der Waals surface area contributed by atoms with Crippen LogP contribution in [0.2, 0.25) is 5.02 Å². The zero-order valence-corrected chi connectivity index (χ0v) is 11.7. The minimum atomic E-state index is -0.523. The van der Waals surface area contributed by atoms with Gasteiger partial charge in [-0.15, -0.1) is 0 Å². The summed E-state index contributed by atoms with van der Waals surface area (Å²) in [5, 5.41) is 0.581. The summed E-state index contributed by atoms with van der Waals surface area (Å²) in [5.41, 5.74) is 6.17. The van der Waals surface area contributed by atoms with E-state index in [1.165, 1.54) is 0 Å². The molecule has 2 N–H and O–H groups in total. The summed E-state index contributed by atoms with van der Waals surface area (Å²) in [6.07, 6.45) is 3.30. The van der Waals surface area contributed by atoms with Crippen molar-refractivity contribution < 1.29 is 14.2 Å². The van der Waals surface area contributed by atoms with Gasteiger partial charge in [0.25, 0.3) is 5.91 Å². The number of benzene rings is 1. The number of hydrogen-bond acceptors (Lipinski definition) is 2. The van der Waals surface area contributed by atoms with E-state index >= 15 is 0 Å². The number of carbonyl (C=O) groups excluding carboxylic acids is 2. The van der Waals surface area contributed by atoms with Gasteiger partial charge in [0.05, 0.1) is 0 Å². The first kappa shape index (κ1) is 14.2. The lowest BCUT2D eigenvalue weighted by atomic mass is 10.1. The van der Waals surface area contributed by atoms with Crippen molar-refractivity contribution in [1.29, 1.82) is 0 Å². The van der Waals surface area contributed by atoms with Gasteiger partial charge in [0, 0.05) is 23.6 Å². The Morgan fingerprint density at radius 2 is 1.80 bits per heavy atom. The second-order valence-corrected chi connectivity index (χ2v) is 4.89. The first-order valence-electron chi connectivity index (χ1n) is 6.09. The van der Waals surface area contributed by atoms with E-state index in [-0.39, 0.29) is 5.78 Å². The number of nitrogens with two attached hydrogens (primary N) is 1. The molecule has 0 aliphatic carbocycles. The monoisotopic (exact) mass is 289 g/mol. The van der Waals surface area contributed by atoms with Crippen molar-refractivity contribution in [1.82, 2.24) is 0 Å². The molecule has 0 saturated carbocycles. The highest BCUT2D eigenvalue weighted by Crippen LogP contribution is 2.13. The van der Waals surface area contributed by atoms with Crippen molar-refractivity contribution in [3.05, 3.63) is 64.9 Å². The van der Waals surface area contributed by atoms with Gasteiger partial charge in [0.2, 0.25) is 11.8 Å². The van der Waals surface area contributed by atoms with E-state index < -0.39 is 11.9 Å². The molecule has 0 fully saturated rings. The topological polar surface area (TPSA) is 64.0 Å². The van der Waals surface area contributed by atoms with Crippen LogP contribution in [0.1, 0.15) is 33.7 Å². The molecule has 1 heterocycles. The average Bonchev–Trinajstić information content (AvgIpc) is 2.46. The fourth-order valence-corrected chi connectivity index (χ4v) is 2.00. The van der Waals surface area contributed by atoms with Crippen molar-refractivity contribution in [2.75, 3.05) is 0 Å². The van der Waals surface area contributed by atoms with Gasteiger partial charge in [0.1, 0.15) is 5.56 Å². The van der Waals surface area contributed by atoms with Gasteiger partial charge in [-0.05, 0) is 30.3 Å².